The van der Waals surface area contributed by atoms with Crippen LogP contribution in [0, 0.1) is 21.8 Å². The van der Waals surface area contributed by atoms with Crippen LogP contribution in [0.2, 0.25) is 0 Å². The van der Waals surface area contributed by atoms with Gasteiger partial charge in [-0.15, -0.1) is 0 Å². The van der Waals surface area contributed by atoms with Gasteiger partial charge in [-0.1, -0.05) is 18.2 Å². The Morgan fingerprint density at radius 2 is 1.87 bits per heavy atom. The van der Waals surface area contributed by atoms with Gasteiger partial charge < -0.3 is 4.90 Å². The number of hydrazine groups is 1. The summed E-state index contributed by atoms with van der Waals surface area (Å²) in [4.78, 5) is 48.9. The molecule has 162 valence electrons. The standard InChI is InChI=1S/C21H21FN4O5/c22-17-8-6-14(7-9-17)11-19(27)25-10-2-4-16(13-25)21(29)24-23-20(28)15-3-1-5-18(12-15)26(30)31/h1,3,5-9,12,16H,2,4,10-11,13H2,(H,23,28)(H,24,29)/t16-/m1/s1. The molecular weight excluding hydrogens is 407 g/mol. The Labute approximate surface area is 177 Å². The lowest BCUT2D eigenvalue weighted by molar-refractivity contribution is -0.384. The molecule has 31 heavy (non-hydrogen) atoms. The second-order valence-electron chi connectivity index (χ2n) is 7.23. The Bertz CT molecular complexity index is 996. The number of rotatable bonds is 5. The number of nitro groups is 1. The van der Waals surface area contributed by atoms with Crippen molar-refractivity contribution in [3.05, 3.63) is 75.6 Å². The van der Waals surface area contributed by atoms with E-state index in [0.717, 1.165) is 6.07 Å². The van der Waals surface area contributed by atoms with Crippen molar-refractivity contribution in [1.29, 1.82) is 0 Å². The third-order valence-electron chi connectivity index (χ3n) is 5.03. The van der Waals surface area contributed by atoms with Crippen molar-refractivity contribution in [2.45, 2.75) is 19.3 Å². The largest absolute Gasteiger partial charge is 0.342 e. The first-order valence-electron chi connectivity index (χ1n) is 9.70. The minimum absolute atomic E-state index is 0.0363. The molecule has 1 heterocycles. The number of nitrogens with one attached hydrogen (secondary N) is 2. The van der Waals surface area contributed by atoms with Crippen LogP contribution in [0.25, 0.3) is 0 Å². The van der Waals surface area contributed by atoms with Gasteiger partial charge >= 0.3 is 0 Å². The Morgan fingerprint density at radius 1 is 1.13 bits per heavy atom. The van der Waals surface area contributed by atoms with Gasteiger partial charge in [0, 0.05) is 30.8 Å². The maximum absolute atomic E-state index is 13.0. The molecule has 0 bridgehead atoms. The molecular formula is C21H21FN4O5. The highest BCUT2D eigenvalue weighted by Crippen LogP contribution is 2.18. The lowest BCUT2D eigenvalue weighted by Crippen LogP contribution is -2.50. The van der Waals surface area contributed by atoms with Crippen molar-refractivity contribution in [3.8, 4) is 0 Å². The third-order valence-corrected chi connectivity index (χ3v) is 5.03. The van der Waals surface area contributed by atoms with E-state index in [0.29, 0.717) is 24.9 Å². The van der Waals surface area contributed by atoms with Crippen molar-refractivity contribution < 1.29 is 23.7 Å². The number of amides is 3. The summed E-state index contributed by atoms with van der Waals surface area (Å²) in [5, 5.41) is 10.8. The molecule has 9 nitrogen and oxygen atoms in total. The highest BCUT2D eigenvalue weighted by Gasteiger charge is 2.28. The summed E-state index contributed by atoms with van der Waals surface area (Å²) in [6.45, 7) is 0.725. The number of benzene rings is 2. The molecule has 10 heteroatoms. The van der Waals surface area contributed by atoms with Crippen molar-refractivity contribution >= 4 is 23.4 Å². The van der Waals surface area contributed by atoms with Crippen LogP contribution in [0.1, 0.15) is 28.8 Å². The minimum Gasteiger partial charge on any atom is -0.342 e. The molecule has 0 aliphatic carbocycles. The predicted octanol–water partition coefficient (Wildman–Crippen LogP) is 1.98. The van der Waals surface area contributed by atoms with Crippen molar-refractivity contribution in [2.24, 2.45) is 5.92 Å². The fourth-order valence-electron chi connectivity index (χ4n) is 3.36. The van der Waals surface area contributed by atoms with Crippen LogP contribution in [-0.4, -0.2) is 40.6 Å². The molecule has 0 aromatic heterocycles. The first-order valence-corrected chi connectivity index (χ1v) is 9.70. The first-order chi connectivity index (χ1) is 14.8. The first kappa shape index (κ1) is 21.9. The number of hydrogen-bond donors (Lipinski definition) is 2. The Morgan fingerprint density at radius 3 is 2.58 bits per heavy atom. The van der Waals surface area contributed by atoms with E-state index in [1.54, 1.807) is 17.0 Å². The summed E-state index contributed by atoms with van der Waals surface area (Å²) in [5.41, 5.74) is 5.06. The van der Waals surface area contributed by atoms with Crippen LogP contribution in [-0.2, 0) is 16.0 Å². The molecule has 1 atom stereocenters. The highest BCUT2D eigenvalue weighted by atomic mass is 19.1. The van der Waals surface area contributed by atoms with Gasteiger partial charge in [-0.05, 0) is 36.6 Å². The SMILES string of the molecule is O=C(NNC(=O)[C@@H]1CCCN(C(=O)Cc2ccc(F)cc2)C1)c1cccc([N+](=O)[O-])c1. The van der Waals surface area contributed by atoms with Gasteiger partial charge in [0.25, 0.3) is 11.6 Å². The van der Waals surface area contributed by atoms with Crippen LogP contribution in [0.4, 0.5) is 10.1 Å². The lowest BCUT2D eigenvalue weighted by atomic mass is 9.96. The van der Waals surface area contributed by atoms with Crippen LogP contribution in [0.5, 0.6) is 0 Å². The molecule has 0 radical (unpaired) electrons. The highest BCUT2D eigenvalue weighted by molar-refractivity contribution is 5.96. The van der Waals surface area contributed by atoms with E-state index < -0.39 is 22.7 Å². The van der Waals surface area contributed by atoms with E-state index in [1.165, 1.54) is 30.3 Å². The van der Waals surface area contributed by atoms with Crippen LogP contribution in [0.3, 0.4) is 0 Å². The van der Waals surface area contributed by atoms with E-state index in [9.17, 15) is 28.9 Å². The number of nitrogens with zero attached hydrogens (tertiary/aromatic N) is 2. The van der Waals surface area contributed by atoms with Gasteiger partial charge in [0.2, 0.25) is 11.8 Å². The number of nitro benzene ring substituents is 1. The number of carbonyl (C=O) groups excluding carboxylic acids is 3. The number of piperidine rings is 1. The molecule has 0 spiro atoms. The van der Waals surface area contributed by atoms with E-state index in [2.05, 4.69) is 10.9 Å². The summed E-state index contributed by atoms with van der Waals surface area (Å²) in [6, 6.07) is 10.8. The van der Waals surface area contributed by atoms with E-state index in [1.807, 2.05) is 0 Å². The predicted molar refractivity (Wildman–Crippen MR) is 108 cm³/mol. The maximum Gasteiger partial charge on any atom is 0.270 e. The van der Waals surface area contributed by atoms with Gasteiger partial charge in [-0.2, -0.15) is 0 Å². The van der Waals surface area contributed by atoms with Crippen LogP contribution >= 0.6 is 0 Å². The van der Waals surface area contributed by atoms with Gasteiger partial charge in [0.05, 0.1) is 17.3 Å². The molecule has 3 amide bonds. The summed E-state index contributed by atoms with van der Waals surface area (Å²) < 4.78 is 13.0. The number of carbonyl (C=O) groups is 3. The average Bonchev–Trinajstić information content (AvgIpc) is 2.78. The van der Waals surface area contributed by atoms with Gasteiger partial charge in [0.15, 0.2) is 0 Å². The fraction of sp³-hybridized carbons (Fsp3) is 0.286. The summed E-state index contributed by atoms with van der Waals surface area (Å²) in [7, 11) is 0. The van der Waals surface area contributed by atoms with E-state index >= 15 is 0 Å². The zero-order chi connectivity index (χ0) is 22.4. The second-order valence-corrected chi connectivity index (χ2v) is 7.23. The molecule has 1 saturated heterocycles. The number of non-ortho nitro benzene ring substituents is 1. The summed E-state index contributed by atoms with van der Waals surface area (Å²) >= 11 is 0. The fourth-order valence-corrected chi connectivity index (χ4v) is 3.36. The molecule has 1 fully saturated rings. The van der Waals surface area contributed by atoms with E-state index in [-0.39, 0.29) is 35.9 Å². The van der Waals surface area contributed by atoms with Crippen molar-refractivity contribution in [2.75, 3.05) is 13.1 Å². The lowest BCUT2D eigenvalue weighted by Gasteiger charge is -2.32. The third kappa shape index (κ3) is 5.84. The summed E-state index contributed by atoms with van der Waals surface area (Å²) in [5.74, 6) is -2.17. The molecule has 2 aromatic rings. The smallest absolute Gasteiger partial charge is 0.270 e. The monoisotopic (exact) mass is 428 g/mol. The zero-order valence-corrected chi connectivity index (χ0v) is 16.5. The number of hydrogen-bond acceptors (Lipinski definition) is 5. The Hall–Kier alpha value is -3.82. The Kier molecular flexibility index (Phi) is 6.91. The van der Waals surface area contributed by atoms with Crippen molar-refractivity contribution in [1.82, 2.24) is 15.8 Å². The molecule has 0 saturated carbocycles. The number of likely N-dealkylation sites (tertiary alicyclic amines) is 1. The maximum atomic E-state index is 13.0. The minimum atomic E-state index is -0.683. The molecule has 2 aromatic carbocycles. The normalized spacial score (nSPS) is 15.8. The molecule has 1 aliphatic heterocycles. The average molecular weight is 428 g/mol. The van der Waals surface area contributed by atoms with Crippen molar-refractivity contribution in [3.63, 3.8) is 0 Å². The molecule has 0 unspecified atom stereocenters. The zero-order valence-electron chi connectivity index (χ0n) is 16.5. The van der Waals surface area contributed by atoms with E-state index in [4.69, 9.17) is 0 Å². The second kappa shape index (κ2) is 9.79. The Balaban J connectivity index is 1.52. The molecule has 3 rings (SSSR count). The van der Waals surface area contributed by atoms with Gasteiger partial charge in [-0.25, -0.2) is 4.39 Å². The number of halogens is 1. The molecule has 2 N–H and O–H groups in total. The topological polar surface area (TPSA) is 122 Å². The summed E-state index contributed by atoms with van der Waals surface area (Å²) in [6.07, 6.45) is 1.29. The van der Waals surface area contributed by atoms with Gasteiger partial charge in [0.1, 0.15) is 5.82 Å². The van der Waals surface area contributed by atoms with Crippen LogP contribution in [0.15, 0.2) is 48.5 Å². The van der Waals surface area contributed by atoms with Gasteiger partial charge in [-0.3, -0.25) is 35.3 Å². The van der Waals surface area contributed by atoms with Crippen LogP contribution < -0.4 is 10.9 Å². The molecule has 1 aliphatic rings. The quantitative estimate of drug-likeness (QED) is 0.557.